The molecule has 5 nitrogen and oxygen atoms in total. The Morgan fingerprint density at radius 1 is 1.50 bits per heavy atom. The Morgan fingerprint density at radius 3 is 3.12 bits per heavy atom. The van der Waals surface area contributed by atoms with E-state index in [-0.39, 0.29) is 6.10 Å². The molecule has 3 rings (SSSR count). The lowest BCUT2D eigenvalue weighted by molar-refractivity contribution is 0.198. The quantitative estimate of drug-likeness (QED) is 0.616. The fourth-order valence-corrected chi connectivity index (χ4v) is 2.10. The van der Waals surface area contributed by atoms with Crippen molar-refractivity contribution in [2.24, 2.45) is 0 Å². The second kappa shape index (κ2) is 3.38. The van der Waals surface area contributed by atoms with Crippen LogP contribution in [0.1, 0.15) is 6.42 Å². The molecule has 1 aliphatic rings. The molecule has 84 valence electrons. The van der Waals surface area contributed by atoms with Crippen molar-refractivity contribution in [3.8, 4) is 0 Å². The zero-order valence-electron chi connectivity index (χ0n) is 8.85. The molecule has 0 radical (unpaired) electrons. The number of hydrogen-bond acceptors (Lipinski definition) is 4. The number of aromatic amines is 1. The van der Waals surface area contributed by atoms with Gasteiger partial charge in [-0.1, -0.05) is 0 Å². The summed E-state index contributed by atoms with van der Waals surface area (Å²) in [5.74, 6) is 0.817. The van der Waals surface area contributed by atoms with E-state index in [0.717, 1.165) is 35.6 Å². The van der Waals surface area contributed by atoms with E-state index in [1.807, 2.05) is 18.2 Å². The number of nitrogens with zero attached hydrogens (tertiary/aromatic N) is 2. The van der Waals surface area contributed by atoms with Gasteiger partial charge in [0.2, 0.25) is 5.95 Å². The molecular weight excluding hydrogens is 204 g/mol. The number of anilines is 2. The average molecular weight is 218 g/mol. The van der Waals surface area contributed by atoms with Crippen LogP contribution in [0.3, 0.4) is 0 Å². The fourth-order valence-electron chi connectivity index (χ4n) is 2.10. The van der Waals surface area contributed by atoms with Gasteiger partial charge in [-0.05, 0) is 24.6 Å². The number of H-pyrrole nitrogens is 1. The van der Waals surface area contributed by atoms with E-state index in [2.05, 4.69) is 14.9 Å². The van der Waals surface area contributed by atoms with Crippen molar-refractivity contribution < 1.29 is 5.11 Å². The van der Waals surface area contributed by atoms with E-state index in [1.165, 1.54) is 0 Å². The number of fused-ring (bicyclic) bond motifs is 1. The minimum atomic E-state index is -0.238. The van der Waals surface area contributed by atoms with Gasteiger partial charge >= 0.3 is 0 Å². The molecule has 1 saturated heterocycles. The number of imidazole rings is 1. The molecule has 4 N–H and O–H groups in total. The summed E-state index contributed by atoms with van der Waals surface area (Å²) in [6.07, 6.45) is 0.567. The van der Waals surface area contributed by atoms with Crippen LogP contribution >= 0.6 is 0 Å². The Labute approximate surface area is 92.9 Å². The predicted molar refractivity (Wildman–Crippen MR) is 63.3 cm³/mol. The number of nitrogens with one attached hydrogen (secondary N) is 1. The number of rotatable bonds is 1. The summed E-state index contributed by atoms with van der Waals surface area (Å²) in [5, 5.41) is 9.48. The molecule has 0 spiro atoms. The number of aliphatic hydroxyl groups excluding tert-OH is 1. The molecule has 0 bridgehead atoms. The Morgan fingerprint density at radius 2 is 2.38 bits per heavy atom. The third-order valence-electron chi connectivity index (χ3n) is 2.96. The summed E-state index contributed by atoms with van der Waals surface area (Å²) in [7, 11) is 0. The molecule has 1 atom stereocenters. The van der Waals surface area contributed by atoms with Gasteiger partial charge < -0.3 is 20.7 Å². The molecule has 1 aromatic heterocycles. The first-order valence-corrected chi connectivity index (χ1v) is 5.40. The number of hydrogen-bond donors (Lipinski definition) is 3. The van der Waals surface area contributed by atoms with Crippen LogP contribution in [0.2, 0.25) is 0 Å². The molecule has 16 heavy (non-hydrogen) atoms. The minimum absolute atomic E-state index is 0.238. The van der Waals surface area contributed by atoms with Gasteiger partial charge in [0, 0.05) is 18.8 Å². The zero-order valence-corrected chi connectivity index (χ0v) is 8.85. The van der Waals surface area contributed by atoms with Crippen molar-refractivity contribution in [1.29, 1.82) is 0 Å². The second-order valence-electron chi connectivity index (χ2n) is 4.23. The molecule has 1 aliphatic heterocycles. The van der Waals surface area contributed by atoms with Gasteiger partial charge in [0.25, 0.3) is 0 Å². The maximum absolute atomic E-state index is 9.48. The number of benzene rings is 1. The van der Waals surface area contributed by atoms with Crippen LogP contribution in [0.25, 0.3) is 11.0 Å². The van der Waals surface area contributed by atoms with E-state index in [4.69, 9.17) is 5.73 Å². The first kappa shape index (κ1) is 9.47. The van der Waals surface area contributed by atoms with Gasteiger partial charge in [-0.15, -0.1) is 0 Å². The van der Waals surface area contributed by atoms with Crippen molar-refractivity contribution >= 4 is 22.7 Å². The Hall–Kier alpha value is -1.75. The molecule has 5 heteroatoms. The smallest absolute Gasteiger partial charge is 0.203 e. The molecular formula is C11H14N4O. The molecule has 1 fully saturated rings. The van der Waals surface area contributed by atoms with Crippen molar-refractivity contribution in [3.63, 3.8) is 0 Å². The van der Waals surface area contributed by atoms with E-state index in [1.54, 1.807) is 0 Å². The van der Waals surface area contributed by atoms with E-state index >= 15 is 0 Å². The summed E-state index contributed by atoms with van der Waals surface area (Å²) in [4.78, 5) is 9.75. The monoisotopic (exact) mass is 218 g/mol. The predicted octanol–water partition coefficient (Wildman–Crippen LogP) is 0.716. The van der Waals surface area contributed by atoms with Gasteiger partial charge in [0.05, 0.1) is 17.1 Å². The number of aliphatic hydroxyl groups is 1. The van der Waals surface area contributed by atoms with Crippen molar-refractivity contribution in [2.45, 2.75) is 12.5 Å². The number of nitrogen functional groups attached to an aromatic ring is 1. The minimum Gasteiger partial charge on any atom is -0.399 e. The summed E-state index contributed by atoms with van der Waals surface area (Å²) in [5.41, 5.74) is 8.28. The topological polar surface area (TPSA) is 78.2 Å². The largest absolute Gasteiger partial charge is 0.399 e. The van der Waals surface area contributed by atoms with Crippen molar-refractivity contribution in [2.75, 3.05) is 23.7 Å². The SMILES string of the molecule is Nc1ccc2nc(N3CCC(O)C3)[nH]c2c1. The highest BCUT2D eigenvalue weighted by molar-refractivity contribution is 5.80. The highest BCUT2D eigenvalue weighted by Gasteiger charge is 2.22. The van der Waals surface area contributed by atoms with E-state index < -0.39 is 0 Å². The van der Waals surface area contributed by atoms with Gasteiger partial charge in [0.15, 0.2) is 0 Å². The molecule has 0 aliphatic carbocycles. The lowest BCUT2D eigenvalue weighted by Gasteiger charge is -2.12. The number of aromatic nitrogens is 2. The van der Waals surface area contributed by atoms with Gasteiger partial charge in [-0.2, -0.15) is 0 Å². The molecule has 1 unspecified atom stereocenters. The fraction of sp³-hybridized carbons (Fsp3) is 0.364. The van der Waals surface area contributed by atoms with Gasteiger partial charge in [-0.3, -0.25) is 0 Å². The third-order valence-corrected chi connectivity index (χ3v) is 2.96. The lowest BCUT2D eigenvalue weighted by Crippen LogP contribution is -2.22. The third kappa shape index (κ3) is 1.49. The Kier molecular flexibility index (Phi) is 2.00. The molecule has 2 aromatic rings. The first-order valence-electron chi connectivity index (χ1n) is 5.40. The van der Waals surface area contributed by atoms with Crippen LogP contribution in [0.15, 0.2) is 18.2 Å². The Balaban J connectivity index is 1.99. The average Bonchev–Trinajstić information content (AvgIpc) is 2.83. The molecule has 1 aromatic carbocycles. The maximum atomic E-state index is 9.48. The summed E-state index contributed by atoms with van der Waals surface area (Å²) in [6, 6.07) is 5.61. The first-order chi connectivity index (χ1) is 7.72. The molecule has 2 heterocycles. The highest BCUT2D eigenvalue weighted by atomic mass is 16.3. The summed E-state index contributed by atoms with van der Waals surface area (Å²) >= 11 is 0. The number of β-amino-alcohol motifs (C(OH)–C–C–N with tert-alkyl or cyclic N) is 1. The highest BCUT2D eigenvalue weighted by Crippen LogP contribution is 2.22. The summed E-state index contributed by atoms with van der Waals surface area (Å²) in [6.45, 7) is 1.49. The van der Waals surface area contributed by atoms with E-state index in [9.17, 15) is 5.11 Å². The standard InChI is InChI=1S/C11H14N4O/c12-7-1-2-9-10(5-7)14-11(13-9)15-4-3-8(16)6-15/h1-2,5,8,16H,3-4,6,12H2,(H,13,14). The van der Waals surface area contributed by atoms with Crippen molar-refractivity contribution in [3.05, 3.63) is 18.2 Å². The van der Waals surface area contributed by atoms with Gasteiger partial charge in [-0.25, -0.2) is 4.98 Å². The maximum Gasteiger partial charge on any atom is 0.203 e. The van der Waals surface area contributed by atoms with Crippen LogP contribution < -0.4 is 10.6 Å². The normalized spacial score (nSPS) is 20.8. The van der Waals surface area contributed by atoms with Crippen LogP contribution in [-0.4, -0.2) is 34.3 Å². The van der Waals surface area contributed by atoms with E-state index in [0.29, 0.717) is 6.54 Å². The molecule has 0 amide bonds. The van der Waals surface area contributed by atoms with Crippen LogP contribution in [0.5, 0.6) is 0 Å². The molecule has 0 saturated carbocycles. The van der Waals surface area contributed by atoms with Gasteiger partial charge in [0.1, 0.15) is 0 Å². The Bertz CT molecular complexity index is 522. The summed E-state index contributed by atoms with van der Waals surface area (Å²) < 4.78 is 0. The lowest BCUT2D eigenvalue weighted by atomic mass is 10.3. The zero-order chi connectivity index (χ0) is 11.1. The van der Waals surface area contributed by atoms with Crippen LogP contribution in [0, 0.1) is 0 Å². The van der Waals surface area contributed by atoms with Crippen LogP contribution in [0.4, 0.5) is 11.6 Å². The second-order valence-corrected chi connectivity index (χ2v) is 4.23. The van der Waals surface area contributed by atoms with Crippen LogP contribution in [-0.2, 0) is 0 Å². The number of nitrogens with two attached hydrogens (primary N) is 1. The van der Waals surface area contributed by atoms with Crippen molar-refractivity contribution in [1.82, 2.24) is 9.97 Å².